The van der Waals surface area contributed by atoms with Crippen molar-refractivity contribution in [3.63, 3.8) is 0 Å². The van der Waals surface area contributed by atoms with Crippen LogP contribution in [0.2, 0.25) is 0 Å². The van der Waals surface area contributed by atoms with E-state index in [1.807, 2.05) is 43.3 Å². The van der Waals surface area contributed by atoms with Gasteiger partial charge in [0.25, 0.3) is 5.91 Å². The Labute approximate surface area is 188 Å². The Morgan fingerprint density at radius 1 is 0.906 bits per heavy atom. The zero-order chi connectivity index (χ0) is 23.0. The Balaban J connectivity index is 1.60. The molecule has 3 rings (SSSR count). The number of hydrogen-bond donors (Lipinski definition) is 2. The highest BCUT2D eigenvalue weighted by Gasteiger charge is 2.16. The molecule has 32 heavy (non-hydrogen) atoms. The number of hydrogen-bond acceptors (Lipinski definition) is 5. The molecule has 1 amide bonds. The third-order valence-electron chi connectivity index (χ3n) is 4.59. The van der Waals surface area contributed by atoms with E-state index in [9.17, 15) is 13.2 Å². The summed E-state index contributed by atoms with van der Waals surface area (Å²) >= 11 is 0. The summed E-state index contributed by atoms with van der Waals surface area (Å²) in [4.78, 5) is 12.4. The number of anilines is 1. The number of nitrogens with one attached hydrogen (secondary N) is 2. The van der Waals surface area contributed by atoms with Gasteiger partial charge in [-0.25, -0.2) is 13.1 Å². The van der Waals surface area contributed by atoms with Gasteiger partial charge in [0.15, 0.2) is 6.61 Å². The first-order chi connectivity index (χ1) is 15.4. The van der Waals surface area contributed by atoms with Crippen LogP contribution in [0.1, 0.15) is 18.1 Å². The Bertz CT molecular complexity index is 1160. The minimum atomic E-state index is -3.68. The monoisotopic (exact) mass is 454 g/mol. The number of rotatable bonds is 10. The molecule has 0 radical (unpaired) electrons. The molecule has 3 aromatic carbocycles. The van der Waals surface area contributed by atoms with Gasteiger partial charge in [0, 0.05) is 6.54 Å². The van der Waals surface area contributed by atoms with Crippen LogP contribution in [0.5, 0.6) is 11.5 Å². The van der Waals surface area contributed by atoms with Crippen LogP contribution in [-0.4, -0.2) is 27.5 Å². The number of amides is 1. The number of para-hydroxylation sites is 2. The van der Waals surface area contributed by atoms with Crippen LogP contribution in [0.4, 0.5) is 5.69 Å². The largest absolute Gasteiger partial charge is 0.492 e. The highest BCUT2D eigenvalue weighted by molar-refractivity contribution is 7.89. The van der Waals surface area contributed by atoms with Crippen LogP contribution in [0.15, 0.2) is 77.7 Å². The summed E-state index contributed by atoms with van der Waals surface area (Å²) in [7, 11) is -3.68. The molecular weight excluding hydrogens is 428 g/mol. The van der Waals surface area contributed by atoms with E-state index in [1.54, 1.807) is 31.2 Å². The van der Waals surface area contributed by atoms with E-state index in [-0.39, 0.29) is 24.0 Å². The number of aryl methyl sites for hydroxylation is 1. The summed E-state index contributed by atoms with van der Waals surface area (Å²) in [5.41, 5.74) is 2.03. The predicted octanol–water partition coefficient (Wildman–Crippen LogP) is 3.89. The van der Waals surface area contributed by atoms with Crippen molar-refractivity contribution in [2.75, 3.05) is 18.5 Å². The van der Waals surface area contributed by atoms with Crippen LogP contribution in [-0.2, 0) is 21.4 Å². The standard InChI is InChI=1S/C24H26N2O5S/c1-3-30-23-12-8-7-11-21(23)26-24(27)17-31-22-14-13-20(15-18(22)2)32(28,29)25-16-19-9-5-4-6-10-19/h4-15,25H,3,16-17H2,1-2H3,(H,26,27). The second-order valence-electron chi connectivity index (χ2n) is 7.00. The Hall–Kier alpha value is -3.36. The van der Waals surface area contributed by atoms with E-state index in [2.05, 4.69) is 10.0 Å². The fourth-order valence-corrected chi connectivity index (χ4v) is 4.09. The summed E-state index contributed by atoms with van der Waals surface area (Å²) in [6, 6.07) is 20.9. The molecule has 0 aliphatic rings. The summed E-state index contributed by atoms with van der Waals surface area (Å²) in [5.74, 6) is 0.662. The van der Waals surface area contributed by atoms with Crippen molar-refractivity contribution < 1.29 is 22.7 Å². The van der Waals surface area contributed by atoms with E-state index in [1.165, 1.54) is 12.1 Å². The first-order valence-electron chi connectivity index (χ1n) is 10.2. The Morgan fingerprint density at radius 2 is 1.62 bits per heavy atom. The molecule has 0 aliphatic heterocycles. The summed E-state index contributed by atoms with van der Waals surface area (Å²) in [6.07, 6.45) is 0. The molecule has 0 saturated heterocycles. The molecule has 0 aromatic heterocycles. The molecule has 0 bridgehead atoms. The zero-order valence-electron chi connectivity index (χ0n) is 18.0. The third kappa shape index (κ3) is 6.32. The highest BCUT2D eigenvalue weighted by atomic mass is 32.2. The molecule has 0 spiro atoms. The van der Waals surface area contributed by atoms with Gasteiger partial charge in [-0.15, -0.1) is 0 Å². The molecule has 168 valence electrons. The molecule has 7 nitrogen and oxygen atoms in total. The predicted molar refractivity (Wildman–Crippen MR) is 123 cm³/mol. The number of ether oxygens (including phenoxy) is 2. The second kappa shape index (κ2) is 10.8. The molecular formula is C24H26N2O5S. The zero-order valence-corrected chi connectivity index (χ0v) is 18.8. The van der Waals surface area contributed by atoms with Crippen molar-refractivity contribution in [3.05, 3.63) is 83.9 Å². The van der Waals surface area contributed by atoms with Gasteiger partial charge in [0.1, 0.15) is 11.5 Å². The lowest BCUT2D eigenvalue weighted by Crippen LogP contribution is -2.23. The van der Waals surface area contributed by atoms with Gasteiger partial charge in [-0.05, 0) is 55.3 Å². The number of carbonyl (C=O) groups is 1. The molecule has 0 aliphatic carbocycles. The molecule has 0 heterocycles. The molecule has 2 N–H and O–H groups in total. The third-order valence-corrected chi connectivity index (χ3v) is 5.98. The average Bonchev–Trinajstić information content (AvgIpc) is 2.79. The van der Waals surface area contributed by atoms with Gasteiger partial charge in [0.05, 0.1) is 17.2 Å². The molecule has 0 saturated carbocycles. The fraction of sp³-hybridized carbons (Fsp3) is 0.208. The first-order valence-corrected chi connectivity index (χ1v) is 11.7. The van der Waals surface area contributed by atoms with Crippen molar-refractivity contribution in [1.29, 1.82) is 0 Å². The molecule has 8 heteroatoms. The van der Waals surface area contributed by atoms with E-state index < -0.39 is 10.0 Å². The van der Waals surface area contributed by atoms with Crippen molar-refractivity contribution in [2.24, 2.45) is 0 Å². The maximum Gasteiger partial charge on any atom is 0.262 e. The average molecular weight is 455 g/mol. The maximum atomic E-state index is 12.6. The molecule has 0 atom stereocenters. The topological polar surface area (TPSA) is 93.7 Å². The first kappa shape index (κ1) is 23.3. The van der Waals surface area contributed by atoms with Gasteiger partial charge in [-0.2, -0.15) is 0 Å². The van der Waals surface area contributed by atoms with Crippen LogP contribution >= 0.6 is 0 Å². The maximum absolute atomic E-state index is 12.6. The molecule has 3 aromatic rings. The summed E-state index contributed by atoms with van der Waals surface area (Å²) < 4.78 is 38.9. The summed E-state index contributed by atoms with van der Waals surface area (Å²) in [6.45, 7) is 4.06. The van der Waals surface area contributed by atoms with E-state index in [4.69, 9.17) is 9.47 Å². The quantitative estimate of drug-likeness (QED) is 0.485. The van der Waals surface area contributed by atoms with Gasteiger partial charge in [-0.1, -0.05) is 42.5 Å². The highest BCUT2D eigenvalue weighted by Crippen LogP contribution is 2.24. The lowest BCUT2D eigenvalue weighted by molar-refractivity contribution is -0.118. The lowest BCUT2D eigenvalue weighted by Gasteiger charge is -2.13. The van der Waals surface area contributed by atoms with Crippen LogP contribution in [0.3, 0.4) is 0 Å². The number of carbonyl (C=O) groups excluding carboxylic acids is 1. The number of sulfonamides is 1. The summed E-state index contributed by atoms with van der Waals surface area (Å²) in [5, 5.41) is 2.76. The molecule has 0 unspecified atom stereocenters. The minimum absolute atomic E-state index is 0.133. The van der Waals surface area contributed by atoms with Crippen LogP contribution in [0, 0.1) is 6.92 Å². The molecule has 0 fully saturated rings. The van der Waals surface area contributed by atoms with E-state index in [0.29, 0.717) is 29.4 Å². The normalized spacial score (nSPS) is 11.1. The Kier molecular flexibility index (Phi) is 7.86. The van der Waals surface area contributed by atoms with Crippen molar-refractivity contribution >= 4 is 21.6 Å². The van der Waals surface area contributed by atoms with Crippen molar-refractivity contribution in [1.82, 2.24) is 4.72 Å². The van der Waals surface area contributed by atoms with Gasteiger partial charge in [0.2, 0.25) is 10.0 Å². The van der Waals surface area contributed by atoms with Crippen molar-refractivity contribution in [2.45, 2.75) is 25.3 Å². The van der Waals surface area contributed by atoms with Crippen molar-refractivity contribution in [3.8, 4) is 11.5 Å². The van der Waals surface area contributed by atoms with Crippen LogP contribution in [0.25, 0.3) is 0 Å². The second-order valence-corrected chi connectivity index (χ2v) is 8.77. The van der Waals surface area contributed by atoms with Gasteiger partial charge in [-0.3, -0.25) is 4.79 Å². The van der Waals surface area contributed by atoms with E-state index >= 15 is 0 Å². The lowest BCUT2D eigenvalue weighted by atomic mass is 10.2. The number of benzene rings is 3. The SMILES string of the molecule is CCOc1ccccc1NC(=O)COc1ccc(S(=O)(=O)NCc2ccccc2)cc1C. The fourth-order valence-electron chi connectivity index (χ4n) is 2.99. The Morgan fingerprint density at radius 3 is 2.34 bits per heavy atom. The minimum Gasteiger partial charge on any atom is -0.492 e. The van der Waals surface area contributed by atoms with Gasteiger partial charge >= 0.3 is 0 Å². The van der Waals surface area contributed by atoms with Gasteiger partial charge < -0.3 is 14.8 Å². The van der Waals surface area contributed by atoms with E-state index in [0.717, 1.165) is 5.56 Å². The van der Waals surface area contributed by atoms with Crippen LogP contribution < -0.4 is 19.5 Å². The smallest absolute Gasteiger partial charge is 0.262 e.